The summed E-state index contributed by atoms with van der Waals surface area (Å²) in [6, 6.07) is 12.9. The van der Waals surface area contributed by atoms with Gasteiger partial charge in [-0.25, -0.2) is 4.39 Å². The molecule has 0 aliphatic rings. The van der Waals surface area contributed by atoms with Crippen LogP contribution >= 0.6 is 15.9 Å². The molecule has 0 N–H and O–H groups in total. The van der Waals surface area contributed by atoms with Crippen LogP contribution in [0.3, 0.4) is 0 Å². The Kier molecular flexibility index (Phi) is 4.43. The smallest absolute Gasteiger partial charge is 0.142 e. The molecule has 0 spiro atoms. The fraction of sp³-hybridized carbons (Fsp3) is 0.200. The summed E-state index contributed by atoms with van der Waals surface area (Å²) in [5, 5.41) is 0. The molecule has 2 nitrogen and oxygen atoms in total. The van der Waals surface area contributed by atoms with E-state index in [4.69, 9.17) is 4.74 Å². The molecule has 0 aromatic heterocycles. The normalized spacial score (nSPS) is 10.3. The molecule has 0 saturated carbocycles. The van der Waals surface area contributed by atoms with Crippen LogP contribution in [0.15, 0.2) is 46.9 Å². The molecule has 2 rings (SSSR count). The van der Waals surface area contributed by atoms with Gasteiger partial charge >= 0.3 is 0 Å². The van der Waals surface area contributed by atoms with Crippen LogP contribution < -0.4 is 9.64 Å². The van der Waals surface area contributed by atoms with Crippen molar-refractivity contribution in [3.63, 3.8) is 0 Å². The molecule has 0 bridgehead atoms. The van der Waals surface area contributed by atoms with Crippen LogP contribution in [0.4, 0.5) is 10.1 Å². The number of methoxy groups -OCH3 is 1. The molecule has 0 heterocycles. The summed E-state index contributed by atoms with van der Waals surface area (Å²) in [6.07, 6.45) is 0. The van der Waals surface area contributed by atoms with E-state index in [1.807, 2.05) is 31.3 Å². The zero-order valence-corrected chi connectivity index (χ0v) is 12.4. The monoisotopic (exact) mass is 323 g/mol. The predicted octanol–water partition coefficient (Wildman–Crippen LogP) is 4.23. The van der Waals surface area contributed by atoms with Gasteiger partial charge in [-0.1, -0.05) is 18.2 Å². The molecule has 2 aromatic rings. The molecule has 2 aromatic carbocycles. The third-order valence-corrected chi connectivity index (χ3v) is 3.51. The minimum atomic E-state index is -0.247. The van der Waals surface area contributed by atoms with Crippen molar-refractivity contribution in [1.29, 1.82) is 0 Å². The average molecular weight is 324 g/mol. The Bertz CT molecular complexity index is 574. The Morgan fingerprint density at radius 2 is 1.95 bits per heavy atom. The first-order chi connectivity index (χ1) is 9.11. The first-order valence-electron chi connectivity index (χ1n) is 5.90. The maximum atomic E-state index is 13.2. The highest BCUT2D eigenvalue weighted by Crippen LogP contribution is 2.28. The Balaban J connectivity index is 2.20. The minimum absolute atomic E-state index is 0.247. The van der Waals surface area contributed by atoms with Gasteiger partial charge in [0.05, 0.1) is 17.3 Å². The molecular formula is C15H15BrFNO. The number of benzene rings is 2. The van der Waals surface area contributed by atoms with Gasteiger partial charge in [0.25, 0.3) is 0 Å². The Morgan fingerprint density at radius 3 is 2.63 bits per heavy atom. The summed E-state index contributed by atoms with van der Waals surface area (Å²) in [5.74, 6) is 0.579. The standard InChI is InChI=1S/C15H15BrFNO/c1-18(14-5-3-4-6-15(14)19-2)10-11-7-8-13(17)12(16)9-11/h3-9H,10H2,1-2H3. The summed E-state index contributed by atoms with van der Waals surface area (Å²) >= 11 is 3.20. The van der Waals surface area contributed by atoms with Gasteiger partial charge < -0.3 is 9.64 Å². The Morgan fingerprint density at radius 1 is 1.21 bits per heavy atom. The molecule has 0 atom stereocenters. The van der Waals surface area contributed by atoms with Gasteiger partial charge in [0.1, 0.15) is 11.6 Å². The lowest BCUT2D eigenvalue weighted by atomic mass is 10.2. The molecule has 0 saturated heterocycles. The van der Waals surface area contributed by atoms with Crippen LogP contribution in [0, 0.1) is 5.82 Å². The van der Waals surface area contributed by atoms with Crippen molar-refractivity contribution >= 4 is 21.6 Å². The van der Waals surface area contributed by atoms with E-state index < -0.39 is 0 Å². The zero-order valence-electron chi connectivity index (χ0n) is 10.9. The second kappa shape index (κ2) is 6.06. The number of para-hydroxylation sites is 2. The molecule has 4 heteroatoms. The number of hydrogen-bond donors (Lipinski definition) is 0. The number of halogens is 2. The van der Waals surface area contributed by atoms with Crippen LogP contribution in [-0.2, 0) is 6.54 Å². The van der Waals surface area contributed by atoms with Gasteiger partial charge in [0.2, 0.25) is 0 Å². The van der Waals surface area contributed by atoms with E-state index in [2.05, 4.69) is 20.8 Å². The number of nitrogens with zero attached hydrogens (tertiary/aromatic N) is 1. The van der Waals surface area contributed by atoms with Crippen molar-refractivity contribution in [2.45, 2.75) is 6.54 Å². The van der Waals surface area contributed by atoms with Crippen molar-refractivity contribution < 1.29 is 9.13 Å². The SMILES string of the molecule is COc1ccccc1N(C)Cc1ccc(F)c(Br)c1. The van der Waals surface area contributed by atoms with Crippen molar-refractivity contribution in [3.8, 4) is 5.75 Å². The molecule has 0 unspecified atom stereocenters. The predicted molar refractivity (Wildman–Crippen MR) is 79.2 cm³/mol. The maximum absolute atomic E-state index is 13.2. The molecule has 0 fully saturated rings. The maximum Gasteiger partial charge on any atom is 0.142 e. The zero-order chi connectivity index (χ0) is 13.8. The van der Waals surface area contributed by atoms with Crippen LogP contribution in [-0.4, -0.2) is 14.2 Å². The fourth-order valence-electron chi connectivity index (χ4n) is 1.94. The first kappa shape index (κ1) is 13.9. The summed E-state index contributed by atoms with van der Waals surface area (Å²) < 4.78 is 19.0. The highest BCUT2D eigenvalue weighted by atomic mass is 79.9. The van der Waals surface area contributed by atoms with E-state index in [0.29, 0.717) is 11.0 Å². The molecule has 0 radical (unpaired) electrons. The molecule has 0 aliphatic carbocycles. The quantitative estimate of drug-likeness (QED) is 0.834. The lowest BCUT2D eigenvalue weighted by molar-refractivity contribution is 0.415. The lowest BCUT2D eigenvalue weighted by Gasteiger charge is -2.21. The van der Waals surface area contributed by atoms with Crippen LogP contribution in [0.1, 0.15) is 5.56 Å². The third-order valence-electron chi connectivity index (χ3n) is 2.90. The molecular weight excluding hydrogens is 309 g/mol. The fourth-order valence-corrected chi connectivity index (χ4v) is 2.37. The van der Waals surface area contributed by atoms with Crippen LogP contribution in [0.25, 0.3) is 0 Å². The molecule has 0 aliphatic heterocycles. The molecule has 100 valence electrons. The highest BCUT2D eigenvalue weighted by Gasteiger charge is 2.08. The van der Waals surface area contributed by atoms with E-state index in [9.17, 15) is 4.39 Å². The summed E-state index contributed by atoms with van der Waals surface area (Å²) in [4.78, 5) is 2.07. The second-order valence-corrected chi connectivity index (χ2v) is 5.13. The van der Waals surface area contributed by atoms with E-state index in [1.165, 1.54) is 6.07 Å². The third kappa shape index (κ3) is 3.26. The van der Waals surface area contributed by atoms with Crippen LogP contribution in [0.5, 0.6) is 5.75 Å². The van der Waals surface area contributed by atoms with E-state index in [0.717, 1.165) is 17.0 Å². The number of hydrogen-bond acceptors (Lipinski definition) is 2. The second-order valence-electron chi connectivity index (χ2n) is 4.28. The van der Waals surface area contributed by atoms with Gasteiger partial charge in [-0.3, -0.25) is 0 Å². The van der Waals surface area contributed by atoms with Gasteiger partial charge in [-0.2, -0.15) is 0 Å². The lowest BCUT2D eigenvalue weighted by Crippen LogP contribution is -2.17. The van der Waals surface area contributed by atoms with Crippen molar-refractivity contribution in [3.05, 3.63) is 58.3 Å². The molecule has 19 heavy (non-hydrogen) atoms. The van der Waals surface area contributed by atoms with Crippen molar-refractivity contribution in [1.82, 2.24) is 0 Å². The van der Waals surface area contributed by atoms with Crippen molar-refractivity contribution in [2.24, 2.45) is 0 Å². The largest absolute Gasteiger partial charge is 0.495 e. The van der Waals surface area contributed by atoms with Gasteiger partial charge in [-0.05, 0) is 45.8 Å². The number of ether oxygens (including phenoxy) is 1. The van der Waals surface area contributed by atoms with Gasteiger partial charge in [0.15, 0.2) is 0 Å². The Labute approximate surface area is 120 Å². The summed E-state index contributed by atoms with van der Waals surface area (Å²) in [7, 11) is 3.64. The van der Waals surface area contributed by atoms with E-state index in [-0.39, 0.29) is 5.82 Å². The Hall–Kier alpha value is -1.55. The first-order valence-corrected chi connectivity index (χ1v) is 6.69. The minimum Gasteiger partial charge on any atom is -0.495 e. The van der Waals surface area contributed by atoms with E-state index in [1.54, 1.807) is 19.2 Å². The van der Waals surface area contributed by atoms with E-state index >= 15 is 0 Å². The summed E-state index contributed by atoms with van der Waals surface area (Å²) in [5.41, 5.74) is 2.03. The van der Waals surface area contributed by atoms with Crippen molar-refractivity contribution in [2.75, 3.05) is 19.1 Å². The highest BCUT2D eigenvalue weighted by molar-refractivity contribution is 9.10. The van der Waals surface area contributed by atoms with Gasteiger partial charge in [-0.15, -0.1) is 0 Å². The summed E-state index contributed by atoms with van der Waals surface area (Å²) in [6.45, 7) is 0.680. The number of anilines is 1. The topological polar surface area (TPSA) is 12.5 Å². The molecule has 0 amide bonds. The average Bonchev–Trinajstić information content (AvgIpc) is 2.43. The number of rotatable bonds is 4. The van der Waals surface area contributed by atoms with Gasteiger partial charge in [0, 0.05) is 13.6 Å². The van der Waals surface area contributed by atoms with Crippen LogP contribution in [0.2, 0.25) is 0 Å².